The van der Waals surface area contributed by atoms with E-state index in [-0.39, 0.29) is 5.91 Å². The number of benzene rings is 2. The van der Waals surface area contributed by atoms with Crippen molar-refractivity contribution in [2.24, 2.45) is 0 Å². The number of hydrogen-bond donors (Lipinski definition) is 0. The number of carbonyl (C=O) groups excluding carboxylic acids is 1. The lowest BCUT2D eigenvalue weighted by atomic mass is 10.0. The molecule has 1 amide bonds. The number of amides is 1. The van der Waals surface area contributed by atoms with Crippen molar-refractivity contribution >= 4 is 5.91 Å². The van der Waals surface area contributed by atoms with Crippen LogP contribution in [0.1, 0.15) is 53.2 Å². The lowest BCUT2D eigenvalue weighted by Crippen LogP contribution is -2.27. The van der Waals surface area contributed by atoms with Crippen molar-refractivity contribution in [3.05, 3.63) is 65.2 Å². The zero-order valence-corrected chi connectivity index (χ0v) is 16.1. The molecule has 2 heterocycles. The summed E-state index contributed by atoms with van der Waals surface area (Å²) in [6.07, 6.45) is 4.65. The van der Waals surface area contributed by atoms with Crippen molar-refractivity contribution in [2.75, 3.05) is 26.7 Å². The third-order valence-electron chi connectivity index (χ3n) is 5.82. The van der Waals surface area contributed by atoms with Crippen LogP contribution in [0, 0.1) is 0 Å². The summed E-state index contributed by atoms with van der Waals surface area (Å²) >= 11 is 0. The first kappa shape index (κ1) is 18.1. The van der Waals surface area contributed by atoms with E-state index in [4.69, 9.17) is 4.74 Å². The highest BCUT2D eigenvalue weighted by Gasteiger charge is 2.26. The predicted molar refractivity (Wildman–Crippen MR) is 107 cm³/mol. The molecule has 2 fully saturated rings. The van der Waals surface area contributed by atoms with Gasteiger partial charge in [-0.1, -0.05) is 24.3 Å². The summed E-state index contributed by atoms with van der Waals surface area (Å²) in [5.41, 5.74) is 3.40. The van der Waals surface area contributed by atoms with E-state index >= 15 is 0 Å². The molecule has 1 atom stereocenters. The van der Waals surface area contributed by atoms with Crippen molar-refractivity contribution in [1.29, 1.82) is 0 Å². The average molecular weight is 364 g/mol. The van der Waals surface area contributed by atoms with Crippen LogP contribution in [0.3, 0.4) is 0 Å². The molecule has 4 heteroatoms. The molecule has 1 unspecified atom stereocenters. The van der Waals surface area contributed by atoms with Gasteiger partial charge in [0.05, 0.1) is 7.11 Å². The van der Waals surface area contributed by atoms with E-state index in [1.54, 1.807) is 7.11 Å². The molecule has 2 saturated heterocycles. The van der Waals surface area contributed by atoms with Crippen LogP contribution in [-0.4, -0.2) is 42.5 Å². The van der Waals surface area contributed by atoms with Crippen molar-refractivity contribution in [3.8, 4) is 5.75 Å². The smallest absolute Gasteiger partial charge is 0.253 e. The topological polar surface area (TPSA) is 32.8 Å². The van der Waals surface area contributed by atoms with Crippen LogP contribution < -0.4 is 4.74 Å². The van der Waals surface area contributed by atoms with Crippen molar-refractivity contribution in [1.82, 2.24) is 9.80 Å². The molecule has 0 bridgehead atoms. The maximum atomic E-state index is 12.5. The van der Waals surface area contributed by atoms with Crippen LogP contribution in [0.25, 0.3) is 0 Å². The van der Waals surface area contributed by atoms with Gasteiger partial charge in [0.1, 0.15) is 5.75 Å². The van der Waals surface area contributed by atoms with Crippen LogP contribution in [0.2, 0.25) is 0 Å². The maximum Gasteiger partial charge on any atom is 0.253 e. The van der Waals surface area contributed by atoms with Gasteiger partial charge in [0.25, 0.3) is 5.91 Å². The van der Waals surface area contributed by atoms with E-state index in [1.807, 2.05) is 23.1 Å². The second-order valence-electron chi connectivity index (χ2n) is 7.60. The van der Waals surface area contributed by atoms with E-state index in [2.05, 4.69) is 35.2 Å². The van der Waals surface area contributed by atoms with Gasteiger partial charge in [0.15, 0.2) is 0 Å². The van der Waals surface area contributed by atoms with E-state index < -0.39 is 0 Å². The SMILES string of the molecule is COc1cccc(C2CCCN2Cc2ccc(C(=O)N3CCCC3)cc2)c1. The highest BCUT2D eigenvalue weighted by Crippen LogP contribution is 2.34. The first-order valence-corrected chi connectivity index (χ1v) is 10.0. The Labute approximate surface area is 161 Å². The van der Waals surface area contributed by atoms with E-state index in [9.17, 15) is 4.79 Å². The van der Waals surface area contributed by atoms with Gasteiger partial charge in [-0.2, -0.15) is 0 Å². The normalized spacial score (nSPS) is 20.2. The molecule has 4 nitrogen and oxygen atoms in total. The molecule has 142 valence electrons. The lowest BCUT2D eigenvalue weighted by molar-refractivity contribution is 0.0793. The molecular weight excluding hydrogens is 336 g/mol. The van der Waals surface area contributed by atoms with Crippen molar-refractivity contribution in [3.63, 3.8) is 0 Å². The minimum Gasteiger partial charge on any atom is -0.497 e. The quantitative estimate of drug-likeness (QED) is 0.794. The van der Waals surface area contributed by atoms with Gasteiger partial charge < -0.3 is 9.64 Å². The molecule has 27 heavy (non-hydrogen) atoms. The monoisotopic (exact) mass is 364 g/mol. The van der Waals surface area contributed by atoms with Crippen LogP contribution in [0.15, 0.2) is 48.5 Å². The second-order valence-corrected chi connectivity index (χ2v) is 7.60. The summed E-state index contributed by atoms with van der Waals surface area (Å²) < 4.78 is 5.39. The first-order valence-electron chi connectivity index (χ1n) is 10.0. The van der Waals surface area contributed by atoms with Gasteiger partial charge in [-0.25, -0.2) is 0 Å². The maximum absolute atomic E-state index is 12.5. The van der Waals surface area contributed by atoms with Gasteiger partial charge in [-0.15, -0.1) is 0 Å². The van der Waals surface area contributed by atoms with E-state index in [1.165, 1.54) is 24.0 Å². The Kier molecular flexibility index (Phi) is 5.44. The summed E-state index contributed by atoms with van der Waals surface area (Å²) in [6, 6.07) is 17.1. The number of ether oxygens (including phenoxy) is 1. The van der Waals surface area contributed by atoms with Gasteiger partial charge in [-0.05, 0) is 67.6 Å². The third kappa shape index (κ3) is 4.01. The Morgan fingerprint density at radius 3 is 2.56 bits per heavy atom. The largest absolute Gasteiger partial charge is 0.497 e. The fourth-order valence-corrected chi connectivity index (χ4v) is 4.33. The fraction of sp³-hybridized carbons (Fsp3) is 0.435. The summed E-state index contributed by atoms with van der Waals surface area (Å²) in [5, 5.41) is 0. The van der Waals surface area contributed by atoms with Gasteiger partial charge >= 0.3 is 0 Å². The van der Waals surface area contributed by atoms with Gasteiger partial charge in [-0.3, -0.25) is 9.69 Å². The highest BCUT2D eigenvalue weighted by molar-refractivity contribution is 5.94. The minimum absolute atomic E-state index is 0.175. The molecule has 0 spiro atoms. The number of likely N-dealkylation sites (tertiary alicyclic amines) is 2. The second kappa shape index (κ2) is 8.13. The van der Waals surface area contributed by atoms with Crippen LogP contribution >= 0.6 is 0 Å². The molecule has 2 aliphatic rings. The molecule has 4 rings (SSSR count). The van der Waals surface area contributed by atoms with Crippen LogP contribution in [0.4, 0.5) is 0 Å². The molecule has 0 radical (unpaired) electrons. The van der Waals surface area contributed by atoms with Crippen molar-refractivity contribution in [2.45, 2.75) is 38.3 Å². The van der Waals surface area contributed by atoms with E-state index in [0.717, 1.165) is 50.3 Å². The average Bonchev–Trinajstić information content (AvgIpc) is 3.40. The fourth-order valence-electron chi connectivity index (χ4n) is 4.33. The predicted octanol–water partition coefficient (Wildman–Crippen LogP) is 4.27. The standard InChI is InChI=1S/C23H28N2O2/c1-27-21-7-4-6-20(16-21)22-8-5-15-25(22)17-18-9-11-19(12-10-18)23(26)24-13-2-3-14-24/h4,6-7,9-12,16,22H,2-3,5,8,13-15,17H2,1H3. The highest BCUT2D eigenvalue weighted by atomic mass is 16.5. The number of carbonyl (C=O) groups is 1. The molecule has 2 aromatic carbocycles. The number of nitrogens with zero attached hydrogens (tertiary/aromatic N) is 2. The molecule has 0 saturated carbocycles. The Balaban J connectivity index is 1.44. The lowest BCUT2D eigenvalue weighted by Gasteiger charge is -2.25. The van der Waals surface area contributed by atoms with Crippen LogP contribution in [0.5, 0.6) is 5.75 Å². The summed E-state index contributed by atoms with van der Waals surface area (Å²) in [7, 11) is 1.72. The Hall–Kier alpha value is -2.33. The number of methoxy groups -OCH3 is 1. The van der Waals surface area contributed by atoms with Crippen molar-refractivity contribution < 1.29 is 9.53 Å². The van der Waals surface area contributed by atoms with E-state index in [0.29, 0.717) is 6.04 Å². The van der Waals surface area contributed by atoms with Crippen LogP contribution in [-0.2, 0) is 6.54 Å². The number of hydrogen-bond acceptors (Lipinski definition) is 3. The van der Waals surface area contributed by atoms with Gasteiger partial charge in [0.2, 0.25) is 0 Å². The summed E-state index contributed by atoms with van der Waals surface area (Å²) in [4.78, 5) is 17.0. The molecular formula is C23H28N2O2. The molecule has 2 aliphatic heterocycles. The molecule has 0 N–H and O–H groups in total. The molecule has 0 aromatic heterocycles. The number of rotatable bonds is 5. The Morgan fingerprint density at radius 2 is 1.81 bits per heavy atom. The van der Waals surface area contributed by atoms with Gasteiger partial charge in [0, 0.05) is 31.2 Å². The summed E-state index contributed by atoms with van der Waals surface area (Å²) in [5.74, 6) is 1.10. The zero-order valence-electron chi connectivity index (χ0n) is 16.1. The summed E-state index contributed by atoms with van der Waals surface area (Å²) in [6.45, 7) is 3.82. The Morgan fingerprint density at radius 1 is 1.04 bits per heavy atom. The third-order valence-corrected chi connectivity index (χ3v) is 5.82. The first-order chi connectivity index (χ1) is 13.2. The molecule has 2 aromatic rings. The molecule has 0 aliphatic carbocycles. The zero-order chi connectivity index (χ0) is 18.6. The Bertz CT molecular complexity index is 781. The minimum atomic E-state index is 0.175.